The lowest BCUT2D eigenvalue weighted by Gasteiger charge is -2.04. The molecule has 0 heterocycles. The zero-order chi connectivity index (χ0) is 10.6. The van der Waals surface area contributed by atoms with Crippen molar-refractivity contribution in [3.63, 3.8) is 0 Å². The number of esters is 1. The van der Waals surface area contributed by atoms with Gasteiger partial charge in [-0.1, -0.05) is 11.6 Å². The molecule has 0 unspecified atom stereocenters. The molecular formula is C9H10ClNO3. The van der Waals surface area contributed by atoms with Crippen LogP contribution in [-0.4, -0.2) is 19.9 Å². The fraction of sp³-hybridized carbons (Fsp3) is 0.222. The molecule has 0 saturated heterocycles. The highest BCUT2D eigenvalue weighted by Crippen LogP contribution is 2.19. The highest BCUT2D eigenvalue weighted by atomic mass is 35.5. The summed E-state index contributed by atoms with van der Waals surface area (Å²) in [4.78, 5) is 11.3. The Morgan fingerprint density at radius 3 is 2.86 bits per heavy atom. The Balaban J connectivity index is 2.76. The van der Waals surface area contributed by atoms with E-state index in [1.54, 1.807) is 6.07 Å². The summed E-state index contributed by atoms with van der Waals surface area (Å²) in [5.74, 6) is -0.491. The molecule has 0 aliphatic rings. The fourth-order valence-electron chi connectivity index (χ4n) is 0.866. The number of anilines is 1. The summed E-state index contributed by atoms with van der Waals surface area (Å²) < 4.78 is 9.30. The topological polar surface area (TPSA) is 61.5 Å². The monoisotopic (exact) mass is 215 g/mol. The zero-order valence-corrected chi connectivity index (χ0v) is 8.38. The lowest BCUT2D eigenvalue weighted by atomic mass is 10.2. The third-order valence-corrected chi connectivity index (χ3v) is 1.88. The standard InChI is InChI=1S/C9H10ClNO3/c1-13-5-14-9(12)6-2-3-7(10)8(11)4-6/h2-4H,5,11H2,1H3. The number of nitrogens with two attached hydrogens (primary N) is 1. The molecule has 0 atom stereocenters. The van der Waals surface area contributed by atoms with Crippen molar-refractivity contribution < 1.29 is 14.3 Å². The molecule has 0 amide bonds. The van der Waals surface area contributed by atoms with E-state index in [-0.39, 0.29) is 6.79 Å². The summed E-state index contributed by atoms with van der Waals surface area (Å²) in [7, 11) is 1.43. The fourth-order valence-corrected chi connectivity index (χ4v) is 0.984. The zero-order valence-electron chi connectivity index (χ0n) is 7.62. The Bertz CT molecular complexity index is 341. The molecule has 4 nitrogen and oxygen atoms in total. The second-order valence-electron chi connectivity index (χ2n) is 2.57. The molecule has 5 heteroatoms. The number of halogens is 1. The Hall–Kier alpha value is -1.26. The van der Waals surface area contributed by atoms with Gasteiger partial charge in [0.15, 0.2) is 6.79 Å². The second kappa shape index (κ2) is 4.83. The number of ether oxygens (including phenoxy) is 2. The summed E-state index contributed by atoms with van der Waals surface area (Å²) >= 11 is 5.69. The van der Waals surface area contributed by atoms with Crippen molar-refractivity contribution in [3.8, 4) is 0 Å². The van der Waals surface area contributed by atoms with E-state index in [2.05, 4.69) is 4.74 Å². The van der Waals surface area contributed by atoms with E-state index in [1.807, 2.05) is 0 Å². The van der Waals surface area contributed by atoms with Gasteiger partial charge in [-0.05, 0) is 18.2 Å². The minimum absolute atomic E-state index is 0.0820. The van der Waals surface area contributed by atoms with Crippen molar-refractivity contribution in [1.29, 1.82) is 0 Å². The van der Waals surface area contributed by atoms with Gasteiger partial charge in [-0.3, -0.25) is 0 Å². The van der Waals surface area contributed by atoms with Crippen LogP contribution in [0.25, 0.3) is 0 Å². The van der Waals surface area contributed by atoms with E-state index in [0.717, 1.165) is 0 Å². The molecule has 2 N–H and O–H groups in total. The van der Waals surface area contributed by atoms with E-state index in [1.165, 1.54) is 19.2 Å². The van der Waals surface area contributed by atoms with Crippen molar-refractivity contribution in [1.82, 2.24) is 0 Å². The molecule has 14 heavy (non-hydrogen) atoms. The summed E-state index contributed by atoms with van der Waals surface area (Å²) in [6, 6.07) is 4.54. The van der Waals surface area contributed by atoms with E-state index in [4.69, 9.17) is 22.1 Å². The van der Waals surface area contributed by atoms with Crippen LogP contribution in [0.3, 0.4) is 0 Å². The van der Waals surface area contributed by atoms with Crippen LogP contribution in [0.4, 0.5) is 5.69 Å². The first-order chi connectivity index (χ1) is 6.65. The molecule has 0 fully saturated rings. The number of methoxy groups -OCH3 is 1. The van der Waals surface area contributed by atoms with Gasteiger partial charge in [-0.25, -0.2) is 4.79 Å². The summed E-state index contributed by atoms with van der Waals surface area (Å²) in [6.45, 7) is -0.0820. The average Bonchev–Trinajstić information content (AvgIpc) is 2.18. The summed E-state index contributed by atoms with van der Waals surface area (Å²) in [5, 5.41) is 0.410. The van der Waals surface area contributed by atoms with Crippen LogP contribution in [0.2, 0.25) is 5.02 Å². The molecule has 1 rings (SSSR count). The Kier molecular flexibility index (Phi) is 3.73. The van der Waals surface area contributed by atoms with E-state index in [0.29, 0.717) is 16.3 Å². The lowest BCUT2D eigenvalue weighted by molar-refractivity contribution is -0.0124. The Morgan fingerprint density at radius 1 is 1.57 bits per heavy atom. The number of benzene rings is 1. The first-order valence-corrected chi connectivity index (χ1v) is 4.24. The van der Waals surface area contributed by atoms with Crippen LogP contribution in [0.5, 0.6) is 0 Å². The van der Waals surface area contributed by atoms with Crippen LogP contribution in [0, 0.1) is 0 Å². The third kappa shape index (κ3) is 2.61. The predicted octanol–water partition coefficient (Wildman–Crippen LogP) is 1.68. The van der Waals surface area contributed by atoms with Gasteiger partial charge in [0, 0.05) is 7.11 Å². The van der Waals surface area contributed by atoms with Crippen LogP contribution in [0.15, 0.2) is 18.2 Å². The average molecular weight is 216 g/mol. The van der Waals surface area contributed by atoms with Crippen molar-refractivity contribution >= 4 is 23.3 Å². The van der Waals surface area contributed by atoms with Gasteiger partial charge in [0.2, 0.25) is 0 Å². The Morgan fingerprint density at radius 2 is 2.29 bits per heavy atom. The minimum Gasteiger partial charge on any atom is -0.435 e. The molecule has 0 aromatic heterocycles. The van der Waals surface area contributed by atoms with Crippen LogP contribution in [0.1, 0.15) is 10.4 Å². The molecule has 76 valence electrons. The van der Waals surface area contributed by atoms with Crippen molar-refractivity contribution in [2.45, 2.75) is 0 Å². The van der Waals surface area contributed by atoms with Crippen LogP contribution >= 0.6 is 11.6 Å². The van der Waals surface area contributed by atoms with Gasteiger partial charge in [0.05, 0.1) is 16.3 Å². The van der Waals surface area contributed by atoms with Crippen LogP contribution in [-0.2, 0) is 9.47 Å². The molecule has 1 aromatic carbocycles. The molecule has 0 saturated carbocycles. The first kappa shape index (κ1) is 10.8. The van der Waals surface area contributed by atoms with Crippen molar-refractivity contribution in [2.75, 3.05) is 19.6 Å². The molecule has 0 bridgehead atoms. The molecule has 0 aliphatic heterocycles. The second-order valence-corrected chi connectivity index (χ2v) is 2.98. The van der Waals surface area contributed by atoms with Gasteiger partial charge >= 0.3 is 5.97 Å². The molecule has 0 radical (unpaired) electrons. The smallest absolute Gasteiger partial charge is 0.340 e. The first-order valence-electron chi connectivity index (χ1n) is 3.86. The molecule has 0 aliphatic carbocycles. The van der Waals surface area contributed by atoms with E-state index in [9.17, 15) is 4.79 Å². The Labute approximate surface area is 86.6 Å². The van der Waals surface area contributed by atoms with Crippen molar-refractivity contribution in [3.05, 3.63) is 28.8 Å². The number of hydrogen-bond donors (Lipinski definition) is 1. The van der Waals surface area contributed by atoms with Crippen molar-refractivity contribution in [2.24, 2.45) is 0 Å². The van der Waals surface area contributed by atoms with Gasteiger partial charge in [0.1, 0.15) is 0 Å². The third-order valence-electron chi connectivity index (χ3n) is 1.54. The number of nitrogen functional groups attached to an aromatic ring is 1. The SMILES string of the molecule is COCOC(=O)c1ccc(Cl)c(N)c1. The maximum atomic E-state index is 11.3. The summed E-state index contributed by atoms with van der Waals surface area (Å²) in [5.41, 5.74) is 6.21. The predicted molar refractivity (Wildman–Crippen MR) is 53.2 cm³/mol. The van der Waals surface area contributed by atoms with Gasteiger partial charge in [0.25, 0.3) is 0 Å². The quantitative estimate of drug-likeness (QED) is 0.474. The number of rotatable bonds is 3. The summed E-state index contributed by atoms with van der Waals surface area (Å²) in [6.07, 6.45) is 0. The van der Waals surface area contributed by atoms with E-state index >= 15 is 0 Å². The largest absolute Gasteiger partial charge is 0.435 e. The maximum absolute atomic E-state index is 11.3. The molecule has 1 aromatic rings. The molecule has 0 spiro atoms. The van der Waals surface area contributed by atoms with Gasteiger partial charge in [-0.2, -0.15) is 0 Å². The molecular weight excluding hydrogens is 206 g/mol. The number of carbonyl (C=O) groups excluding carboxylic acids is 1. The maximum Gasteiger partial charge on any atom is 0.340 e. The highest BCUT2D eigenvalue weighted by Gasteiger charge is 2.08. The van der Waals surface area contributed by atoms with Crippen LogP contribution < -0.4 is 5.73 Å². The van der Waals surface area contributed by atoms with E-state index < -0.39 is 5.97 Å². The number of hydrogen-bond acceptors (Lipinski definition) is 4. The number of carbonyl (C=O) groups is 1. The van der Waals surface area contributed by atoms with Gasteiger partial charge < -0.3 is 15.2 Å². The highest BCUT2D eigenvalue weighted by molar-refractivity contribution is 6.33. The normalized spacial score (nSPS) is 9.86. The van der Waals surface area contributed by atoms with Gasteiger partial charge in [-0.15, -0.1) is 0 Å². The minimum atomic E-state index is -0.491. The lowest BCUT2D eigenvalue weighted by Crippen LogP contribution is -2.07.